The first-order valence-electron chi connectivity index (χ1n) is 9.52. The minimum atomic E-state index is -0.893. The molecule has 4 heterocycles. The zero-order valence-corrected chi connectivity index (χ0v) is 17.1. The van der Waals surface area contributed by atoms with E-state index >= 15 is 0 Å². The largest absolute Gasteiger partial charge is 0.495 e. The second-order valence-corrected chi connectivity index (χ2v) is 7.05. The van der Waals surface area contributed by atoms with E-state index < -0.39 is 11.7 Å². The molecule has 0 spiro atoms. The Kier molecular flexibility index (Phi) is 5.44. The first-order chi connectivity index (χ1) is 15.0. The minimum absolute atomic E-state index is 0.0887. The molecular weight excluding hydrogens is 401 g/mol. The van der Waals surface area contributed by atoms with Crippen LogP contribution in [0.15, 0.2) is 43.1 Å². The third-order valence-electron chi connectivity index (χ3n) is 4.45. The van der Waals surface area contributed by atoms with Crippen molar-refractivity contribution in [1.82, 2.24) is 24.9 Å². The number of carbonyl (C=O) groups excluding carboxylic acids is 1. The lowest BCUT2D eigenvalue weighted by Gasteiger charge is -2.11. The van der Waals surface area contributed by atoms with Gasteiger partial charge in [-0.1, -0.05) is 0 Å². The molecule has 31 heavy (non-hydrogen) atoms. The second-order valence-electron chi connectivity index (χ2n) is 7.05. The number of nitrogens with one attached hydrogen (secondary N) is 3. The van der Waals surface area contributed by atoms with Gasteiger partial charge in [0.05, 0.1) is 41.7 Å². The number of methoxy groups -OCH3 is 1. The van der Waals surface area contributed by atoms with Gasteiger partial charge >= 0.3 is 0 Å². The maximum absolute atomic E-state index is 14.8. The third-order valence-corrected chi connectivity index (χ3v) is 4.45. The number of pyridine rings is 2. The van der Waals surface area contributed by atoms with Gasteiger partial charge in [0.15, 0.2) is 5.78 Å². The van der Waals surface area contributed by atoms with Crippen LogP contribution >= 0.6 is 0 Å². The quantitative estimate of drug-likeness (QED) is 0.305. The molecule has 0 saturated carbocycles. The summed E-state index contributed by atoms with van der Waals surface area (Å²) in [5.41, 5.74) is 1.16. The Morgan fingerprint density at radius 3 is 2.77 bits per heavy atom. The Morgan fingerprint density at radius 2 is 2.03 bits per heavy atom. The van der Waals surface area contributed by atoms with Crippen molar-refractivity contribution in [3.63, 3.8) is 0 Å². The van der Waals surface area contributed by atoms with E-state index in [0.29, 0.717) is 28.3 Å². The van der Waals surface area contributed by atoms with Crippen molar-refractivity contribution < 1.29 is 13.9 Å². The van der Waals surface area contributed by atoms with E-state index in [0.717, 1.165) is 0 Å². The van der Waals surface area contributed by atoms with E-state index in [-0.39, 0.29) is 23.0 Å². The highest BCUT2D eigenvalue weighted by Gasteiger charge is 2.22. The predicted octanol–water partition coefficient (Wildman–Crippen LogP) is 3.69. The van der Waals surface area contributed by atoms with Crippen molar-refractivity contribution in [3.05, 3.63) is 60.2 Å². The predicted molar refractivity (Wildman–Crippen MR) is 114 cm³/mol. The molecular formula is C21H20FN7O2. The third kappa shape index (κ3) is 4.13. The molecule has 3 N–H and O–H groups in total. The molecule has 0 fully saturated rings. The van der Waals surface area contributed by atoms with Crippen LogP contribution in [0.2, 0.25) is 0 Å². The van der Waals surface area contributed by atoms with E-state index in [9.17, 15) is 9.18 Å². The van der Waals surface area contributed by atoms with Gasteiger partial charge in [0.2, 0.25) is 5.95 Å². The number of hydrogen-bond donors (Lipinski definition) is 3. The fourth-order valence-electron chi connectivity index (χ4n) is 3.09. The number of H-pyrrole nitrogens is 1. The van der Waals surface area contributed by atoms with E-state index in [1.807, 2.05) is 13.8 Å². The molecule has 158 valence electrons. The molecule has 4 aromatic rings. The van der Waals surface area contributed by atoms with Crippen LogP contribution in [-0.2, 0) is 0 Å². The lowest BCUT2D eigenvalue weighted by atomic mass is 10.0. The molecule has 4 rings (SSSR count). The summed E-state index contributed by atoms with van der Waals surface area (Å²) in [5, 5.41) is 6.63. The maximum Gasteiger partial charge on any atom is 0.226 e. The summed E-state index contributed by atoms with van der Waals surface area (Å²) in [5.74, 6) is -0.136. The Morgan fingerprint density at radius 1 is 1.19 bits per heavy atom. The van der Waals surface area contributed by atoms with Gasteiger partial charge in [0.25, 0.3) is 0 Å². The Bertz CT molecular complexity index is 1260. The molecule has 0 aliphatic heterocycles. The zero-order valence-electron chi connectivity index (χ0n) is 17.1. The van der Waals surface area contributed by atoms with Gasteiger partial charge in [-0.3, -0.25) is 9.78 Å². The number of hydrogen-bond acceptors (Lipinski definition) is 8. The summed E-state index contributed by atoms with van der Waals surface area (Å²) >= 11 is 0. The van der Waals surface area contributed by atoms with Crippen LogP contribution < -0.4 is 15.4 Å². The highest BCUT2D eigenvalue weighted by molar-refractivity contribution is 6.18. The molecule has 0 aliphatic rings. The van der Waals surface area contributed by atoms with E-state index in [2.05, 4.69) is 35.6 Å². The number of ketones is 1. The van der Waals surface area contributed by atoms with Gasteiger partial charge in [-0.15, -0.1) is 0 Å². The minimum Gasteiger partial charge on any atom is -0.495 e. The van der Waals surface area contributed by atoms with Gasteiger partial charge in [-0.25, -0.2) is 15.0 Å². The number of carbonyl (C=O) groups is 1. The van der Waals surface area contributed by atoms with Crippen LogP contribution in [0, 0.1) is 5.95 Å². The molecule has 0 unspecified atom stereocenters. The van der Waals surface area contributed by atoms with Crippen LogP contribution in [0.1, 0.15) is 29.8 Å². The molecule has 0 atom stereocenters. The lowest BCUT2D eigenvalue weighted by Crippen LogP contribution is -2.13. The number of anilines is 3. The summed E-state index contributed by atoms with van der Waals surface area (Å²) < 4.78 is 19.9. The van der Waals surface area contributed by atoms with Gasteiger partial charge in [0, 0.05) is 18.3 Å². The highest BCUT2D eigenvalue weighted by Crippen LogP contribution is 2.27. The number of nitrogens with zero attached hydrogens (tertiary/aromatic N) is 4. The average Bonchev–Trinajstić information content (AvgIpc) is 3.18. The van der Waals surface area contributed by atoms with Crippen LogP contribution in [0.4, 0.5) is 21.7 Å². The number of fused-ring (bicyclic) bond motifs is 1. The maximum atomic E-state index is 14.8. The molecule has 0 bridgehead atoms. The molecule has 0 aliphatic carbocycles. The summed E-state index contributed by atoms with van der Waals surface area (Å²) in [4.78, 5) is 32.3. The summed E-state index contributed by atoms with van der Waals surface area (Å²) in [6.45, 7) is 3.91. The van der Waals surface area contributed by atoms with Gasteiger partial charge in [-0.05, 0) is 26.0 Å². The Labute approximate surface area is 177 Å². The Balaban J connectivity index is 1.65. The zero-order chi connectivity index (χ0) is 22.0. The van der Waals surface area contributed by atoms with Crippen molar-refractivity contribution in [2.45, 2.75) is 19.9 Å². The van der Waals surface area contributed by atoms with Crippen LogP contribution in [-0.4, -0.2) is 43.9 Å². The molecule has 0 saturated heterocycles. The van der Waals surface area contributed by atoms with Gasteiger partial charge in [-0.2, -0.15) is 4.39 Å². The van der Waals surface area contributed by atoms with E-state index in [1.54, 1.807) is 18.5 Å². The smallest absolute Gasteiger partial charge is 0.226 e. The lowest BCUT2D eigenvalue weighted by molar-refractivity contribution is 0.103. The first kappa shape index (κ1) is 20.2. The molecule has 0 aromatic carbocycles. The second kappa shape index (κ2) is 8.34. The van der Waals surface area contributed by atoms with Crippen LogP contribution in [0.5, 0.6) is 5.75 Å². The normalized spacial score (nSPS) is 11.0. The van der Waals surface area contributed by atoms with Gasteiger partial charge in [0.1, 0.15) is 29.4 Å². The summed E-state index contributed by atoms with van der Waals surface area (Å²) in [7, 11) is 1.52. The molecule has 0 radical (unpaired) electrons. The SMILES string of the molecule is COc1cncc(Nc2ccc(C(=O)c3c[nH]c4ncnc(NC(C)C)c34)c(F)n2)c1. The summed E-state index contributed by atoms with van der Waals surface area (Å²) in [6, 6.07) is 4.69. The molecule has 0 amide bonds. The fraction of sp³-hybridized carbons (Fsp3) is 0.190. The van der Waals surface area contributed by atoms with Crippen LogP contribution in [0.25, 0.3) is 11.0 Å². The standard InChI is InChI=1S/C21H20FN7O2/c1-11(2)27-21-17-15(9-24-20(17)25-10-26-21)18(30)14-4-5-16(29-19(14)22)28-12-6-13(31-3)8-23-7-12/h4-11H,1-3H3,(H,28,29)(H2,24,25,26,27). The van der Waals surface area contributed by atoms with E-state index in [1.165, 1.54) is 31.8 Å². The molecule has 4 aromatic heterocycles. The van der Waals surface area contributed by atoms with Crippen molar-refractivity contribution in [2.24, 2.45) is 0 Å². The molecule has 10 heteroatoms. The van der Waals surface area contributed by atoms with Crippen molar-refractivity contribution in [2.75, 3.05) is 17.7 Å². The Hall–Kier alpha value is -4.08. The number of ether oxygens (including phenoxy) is 1. The first-order valence-corrected chi connectivity index (χ1v) is 9.52. The number of rotatable bonds is 7. The number of halogens is 1. The monoisotopic (exact) mass is 421 g/mol. The fourth-order valence-corrected chi connectivity index (χ4v) is 3.09. The highest BCUT2D eigenvalue weighted by atomic mass is 19.1. The van der Waals surface area contributed by atoms with Crippen molar-refractivity contribution >= 4 is 34.1 Å². The van der Waals surface area contributed by atoms with E-state index in [4.69, 9.17) is 4.74 Å². The van der Waals surface area contributed by atoms with Gasteiger partial charge < -0.3 is 20.4 Å². The summed E-state index contributed by atoms with van der Waals surface area (Å²) in [6.07, 6.45) is 6.00. The topological polar surface area (TPSA) is 118 Å². The number of aromatic amines is 1. The number of aromatic nitrogens is 5. The van der Waals surface area contributed by atoms with Crippen molar-refractivity contribution in [3.8, 4) is 5.75 Å². The van der Waals surface area contributed by atoms with Crippen LogP contribution in [0.3, 0.4) is 0 Å². The van der Waals surface area contributed by atoms with Crippen molar-refractivity contribution in [1.29, 1.82) is 0 Å². The average molecular weight is 421 g/mol. The molecule has 9 nitrogen and oxygen atoms in total.